The van der Waals surface area contributed by atoms with Crippen molar-refractivity contribution >= 4 is 33.1 Å². The van der Waals surface area contributed by atoms with Gasteiger partial charge in [-0.15, -0.1) is 11.3 Å². The minimum atomic E-state index is -0.189. The van der Waals surface area contributed by atoms with Crippen molar-refractivity contribution in [3.05, 3.63) is 63.1 Å². The Labute approximate surface area is 158 Å². The highest BCUT2D eigenvalue weighted by atomic mass is 32.1. The molecule has 0 bridgehead atoms. The van der Waals surface area contributed by atoms with E-state index in [9.17, 15) is 9.59 Å². The van der Waals surface area contributed by atoms with Crippen LogP contribution < -0.4 is 15.6 Å². The Morgan fingerprint density at radius 3 is 3.00 bits per heavy atom. The predicted molar refractivity (Wildman–Crippen MR) is 105 cm³/mol. The second-order valence-electron chi connectivity index (χ2n) is 6.22. The number of aromatic nitrogens is 3. The lowest BCUT2D eigenvalue weighted by atomic mass is 10.2. The van der Waals surface area contributed by atoms with E-state index in [0.717, 1.165) is 22.3 Å². The van der Waals surface area contributed by atoms with Gasteiger partial charge in [0.15, 0.2) is 4.96 Å². The summed E-state index contributed by atoms with van der Waals surface area (Å²) in [6.45, 7) is 2.22. The molecule has 4 aromatic rings. The number of H-pyrrole nitrogens is 1. The second-order valence-corrected chi connectivity index (χ2v) is 7.06. The molecule has 0 aliphatic heterocycles. The van der Waals surface area contributed by atoms with E-state index in [1.807, 2.05) is 23.6 Å². The summed E-state index contributed by atoms with van der Waals surface area (Å²) in [6, 6.07) is 8.93. The first-order valence-electron chi connectivity index (χ1n) is 8.47. The molecule has 8 heteroatoms. The zero-order chi connectivity index (χ0) is 19.0. The first kappa shape index (κ1) is 17.3. The van der Waals surface area contributed by atoms with Gasteiger partial charge in [0.1, 0.15) is 11.4 Å². The van der Waals surface area contributed by atoms with Crippen molar-refractivity contribution in [1.29, 1.82) is 0 Å². The zero-order valence-electron chi connectivity index (χ0n) is 14.9. The van der Waals surface area contributed by atoms with Gasteiger partial charge in [-0.3, -0.25) is 14.0 Å². The summed E-state index contributed by atoms with van der Waals surface area (Å²) >= 11 is 1.43. The molecule has 1 amide bonds. The first-order chi connectivity index (χ1) is 13.0. The number of carbonyl (C=O) groups excluding carboxylic acids is 1. The molecule has 0 fully saturated rings. The minimum Gasteiger partial charge on any atom is -0.497 e. The van der Waals surface area contributed by atoms with E-state index in [0.29, 0.717) is 29.3 Å². The molecule has 0 atom stereocenters. The highest BCUT2D eigenvalue weighted by molar-refractivity contribution is 7.15. The third kappa shape index (κ3) is 3.31. The molecule has 0 saturated carbocycles. The SMILES string of the molecule is COc1ccc2cc(C(=O)NCCc3csc4nc(C)cc(=O)n34)[nH]c2c1. The number of nitrogens with one attached hydrogen (secondary N) is 2. The van der Waals surface area contributed by atoms with Crippen LogP contribution in [0.15, 0.2) is 40.5 Å². The van der Waals surface area contributed by atoms with Crippen molar-refractivity contribution in [2.24, 2.45) is 0 Å². The Morgan fingerprint density at radius 2 is 2.19 bits per heavy atom. The fraction of sp³-hybridized carbons (Fsp3) is 0.211. The van der Waals surface area contributed by atoms with Gasteiger partial charge >= 0.3 is 0 Å². The number of rotatable bonds is 5. The van der Waals surface area contributed by atoms with E-state index in [-0.39, 0.29) is 11.5 Å². The number of hydrogen-bond donors (Lipinski definition) is 2. The van der Waals surface area contributed by atoms with Crippen molar-refractivity contribution in [2.45, 2.75) is 13.3 Å². The summed E-state index contributed by atoms with van der Waals surface area (Å²) in [5, 5.41) is 5.74. The largest absolute Gasteiger partial charge is 0.497 e. The summed E-state index contributed by atoms with van der Waals surface area (Å²) < 4.78 is 6.79. The third-order valence-electron chi connectivity index (χ3n) is 4.34. The van der Waals surface area contributed by atoms with Crippen molar-refractivity contribution in [3.8, 4) is 5.75 Å². The molecule has 3 heterocycles. The van der Waals surface area contributed by atoms with Crippen LogP contribution in [0.25, 0.3) is 15.9 Å². The average Bonchev–Trinajstić information content (AvgIpc) is 3.25. The molecule has 0 aliphatic carbocycles. The average molecular weight is 382 g/mol. The summed E-state index contributed by atoms with van der Waals surface area (Å²) in [5.74, 6) is 0.543. The maximum atomic E-state index is 12.4. The maximum absolute atomic E-state index is 12.4. The second kappa shape index (κ2) is 6.88. The molecule has 0 aliphatic rings. The number of nitrogens with zero attached hydrogens (tertiary/aromatic N) is 2. The van der Waals surface area contributed by atoms with Gasteiger partial charge in [0.2, 0.25) is 0 Å². The van der Waals surface area contributed by atoms with Crippen molar-refractivity contribution in [2.75, 3.05) is 13.7 Å². The molecule has 4 rings (SSSR count). The van der Waals surface area contributed by atoms with Crippen LogP contribution in [0.2, 0.25) is 0 Å². The number of aromatic amines is 1. The molecule has 0 radical (unpaired) electrons. The van der Waals surface area contributed by atoms with Crippen LogP contribution in [0.4, 0.5) is 0 Å². The van der Waals surface area contributed by atoms with Crippen molar-refractivity contribution < 1.29 is 9.53 Å². The smallest absolute Gasteiger partial charge is 0.267 e. The summed E-state index contributed by atoms with van der Waals surface area (Å²) in [4.78, 5) is 32.7. The van der Waals surface area contributed by atoms with E-state index >= 15 is 0 Å². The van der Waals surface area contributed by atoms with E-state index < -0.39 is 0 Å². The fourth-order valence-corrected chi connectivity index (χ4v) is 3.99. The van der Waals surface area contributed by atoms with Crippen LogP contribution >= 0.6 is 11.3 Å². The number of methoxy groups -OCH3 is 1. The summed E-state index contributed by atoms with van der Waals surface area (Å²) in [5.41, 5.74) is 2.79. The number of fused-ring (bicyclic) bond motifs is 2. The number of aryl methyl sites for hydroxylation is 1. The van der Waals surface area contributed by atoms with E-state index in [1.54, 1.807) is 24.5 Å². The molecule has 138 valence electrons. The Kier molecular flexibility index (Phi) is 4.41. The number of hydrogen-bond acceptors (Lipinski definition) is 5. The van der Waals surface area contributed by atoms with Gasteiger partial charge in [-0.05, 0) is 25.1 Å². The van der Waals surface area contributed by atoms with Gasteiger partial charge in [0, 0.05) is 52.8 Å². The lowest BCUT2D eigenvalue weighted by Gasteiger charge is -2.04. The highest BCUT2D eigenvalue weighted by Gasteiger charge is 2.11. The molecule has 0 saturated heterocycles. The Bertz CT molecular complexity index is 1200. The van der Waals surface area contributed by atoms with Crippen LogP contribution in [0.5, 0.6) is 5.75 Å². The van der Waals surface area contributed by atoms with E-state index in [2.05, 4.69) is 15.3 Å². The van der Waals surface area contributed by atoms with Gasteiger partial charge in [-0.2, -0.15) is 0 Å². The van der Waals surface area contributed by atoms with Crippen LogP contribution in [0, 0.1) is 6.92 Å². The molecular formula is C19H18N4O3S. The maximum Gasteiger partial charge on any atom is 0.267 e. The van der Waals surface area contributed by atoms with Crippen LogP contribution in [-0.4, -0.2) is 33.9 Å². The molecule has 7 nitrogen and oxygen atoms in total. The van der Waals surface area contributed by atoms with Crippen molar-refractivity contribution in [3.63, 3.8) is 0 Å². The van der Waals surface area contributed by atoms with Gasteiger partial charge in [0.25, 0.3) is 11.5 Å². The standard InChI is InChI=1S/C19H18N4O3S/c1-11-7-17(24)23-13(10-27-19(23)21-11)5-6-20-18(25)16-8-12-3-4-14(26-2)9-15(12)22-16/h3-4,7-10,22H,5-6H2,1-2H3,(H,20,25). The van der Waals surface area contributed by atoms with E-state index in [4.69, 9.17) is 4.74 Å². The monoisotopic (exact) mass is 382 g/mol. The molecule has 1 aromatic carbocycles. The van der Waals surface area contributed by atoms with Gasteiger partial charge in [-0.1, -0.05) is 0 Å². The Morgan fingerprint density at radius 1 is 1.33 bits per heavy atom. The lowest BCUT2D eigenvalue weighted by molar-refractivity contribution is 0.0950. The number of carbonyl (C=O) groups is 1. The summed E-state index contributed by atoms with van der Waals surface area (Å²) in [6.07, 6.45) is 0.546. The van der Waals surface area contributed by atoms with Crippen molar-refractivity contribution in [1.82, 2.24) is 19.7 Å². The van der Waals surface area contributed by atoms with Gasteiger partial charge < -0.3 is 15.0 Å². The van der Waals surface area contributed by atoms with Crippen LogP contribution in [-0.2, 0) is 6.42 Å². The molecule has 3 aromatic heterocycles. The fourth-order valence-electron chi connectivity index (χ4n) is 3.01. The predicted octanol–water partition coefficient (Wildman–Crippen LogP) is 2.53. The minimum absolute atomic E-state index is 0.0929. The molecule has 0 unspecified atom stereocenters. The number of benzene rings is 1. The van der Waals surface area contributed by atoms with Crippen LogP contribution in [0.3, 0.4) is 0 Å². The molecule has 0 spiro atoms. The topological polar surface area (TPSA) is 88.5 Å². The first-order valence-corrected chi connectivity index (χ1v) is 9.35. The highest BCUT2D eigenvalue weighted by Crippen LogP contribution is 2.21. The number of ether oxygens (including phenoxy) is 1. The Balaban J connectivity index is 1.46. The summed E-state index contributed by atoms with van der Waals surface area (Å²) in [7, 11) is 1.61. The lowest BCUT2D eigenvalue weighted by Crippen LogP contribution is -2.27. The van der Waals surface area contributed by atoms with Crippen LogP contribution in [0.1, 0.15) is 21.9 Å². The molecule has 2 N–H and O–H groups in total. The number of amides is 1. The molecular weight excluding hydrogens is 364 g/mol. The molecule has 27 heavy (non-hydrogen) atoms. The van der Waals surface area contributed by atoms with Gasteiger partial charge in [0.05, 0.1) is 7.11 Å². The third-order valence-corrected chi connectivity index (χ3v) is 5.22. The normalized spacial score (nSPS) is 11.2. The Hall–Kier alpha value is -3.13. The zero-order valence-corrected chi connectivity index (χ0v) is 15.7. The quantitative estimate of drug-likeness (QED) is 0.555. The van der Waals surface area contributed by atoms with Gasteiger partial charge in [-0.25, -0.2) is 4.98 Å². The van der Waals surface area contributed by atoms with E-state index in [1.165, 1.54) is 17.4 Å². The number of thiazole rings is 1.